The Hall–Kier alpha value is -2.00. The fourth-order valence-electron chi connectivity index (χ4n) is 3.90. The van der Waals surface area contributed by atoms with Gasteiger partial charge in [0.25, 0.3) is 5.91 Å². The van der Waals surface area contributed by atoms with Gasteiger partial charge in [0.2, 0.25) is 0 Å². The Bertz CT molecular complexity index is 857. The number of anilines is 1. The third-order valence-corrected chi connectivity index (χ3v) is 5.50. The number of amides is 1. The summed E-state index contributed by atoms with van der Waals surface area (Å²) in [4.78, 5) is 25.6. The molecule has 1 atom stereocenters. The Labute approximate surface area is 188 Å². The average molecular weight is 457 g/mol. The molecule has 4 rings (SSSR count). The van der Waals surface area contributed by atoms with Gasteiger partial charge in [-0.15, -0.1) is 24.8 Å². The minimum absolute atomic E-state index is 0. The van der Waals surface area contributed by atoms with Crippen molar-refractivity contribution in [2.75, 3.05) is 51.6 Å². The van der Waals surface area contributed by atoms with Crippen molar-refractivity contribution >= 4 is 36.5 Å². The summed E-state index contributed by atoms with van der Waals surface area (Å²) in [7, 11) is 1.61. The Morgan fingerprint density at radius 3 is 2.67 bits per heavy atom. The van der Waals surface area contributed by atoms with Crippen LogP contribution in [0.3, 0.4) is 0 Å². The molecule has 1 aromatic carbocycles. The molecule has 3 heterocycles. The predicted molar refractivity (Wildman–Crippen MR) is 120 cm³/mol. The van der Waals surface area contributed by atoms with Crippen LogP contribution in [0.15, 0.2) is 30.5 Å². The lowest BCUT2D eigenvalue weighted by atomic mass is 10.1. The summed E-state index contributed by atoms with van der Waals surface area (Å²) in [5.74, 6) is 0.0361. The number of piperazine rings is 1. The van der Waals surface area contributed by atoms with E-state index in [1.54, 1.807) is 13.1 Å². The fraction of sp³-hybridized carbons (Fsp3) is 0.450. The molecule has 1 aromatic heterocycles. The van der Waals surface area contributed by atoms with E-state index in [4.69, 9.17) is 0 Å². The van der Waals surface area contributed by atoms with Crippen LogP contribution in [0.25, 0.3) is 11.4 Å². The number of hydrogen-bond acceptors (Lipinski definition) is 6. The summed E-state index contributed by atoms with van der Waals surface area (Å²) in [5.41, 5.74) is 1.30. The van der Waals surface area contributed by atoms with E-state index in [2.05, 4.69) is 25.5 Å². The fourth-order valence-corrected chi connectivity index (χ4v) is 3.90. The van der Waals surface area contributed by atoms with Gasteiger partial charge in [0.1, 0.15) is 0 Å². The van der Waals surface area contributed by atoms with Crippen LogP contribution >= 0.6 is 24.8 Å². The molecule has 1 unspecified atom stereocenters. The number of benzene rings is 1. The van der Waals surface area contributed by atoms with Gasteiger partial charge in [0, 0.05) is 56.9 Å². The molecule has 2 N–H and O–H groups in total. The number of nitrogens with one attached hydrogen (secondary N) is 2. The number of carbonyl (C=O) groups is 1. The molecule has 2 fully saturated rings. The van der Waals surface area contributed by atoms with E-state index in [1.807, 2.05) is 23.1 Å². The van der Waals surface area contributed by atoms with Crippen molar-refractivity contribution in [1.82, 2.24) is 25.1 Å². The largest absolute Gasteiger partial charge is 0.371 e. The van der Waals surface area contributed by atoms with Crippen LogP contribution in [0.5, 0.6) is 0 Å². The zero-order valence-corrected chi connectivity index (χ0v) is 18.4. The molecular formula is C20H27Cl2FN6O. The van der Waals surface area contributed by atoms with Crippen molar-refractivity contribution in [3.8, 4) is 11.4 Å². The Morgan fingerprint density at radius 1 is 1.23 bits per heavy atom. The van der Waals surface area contributed by atoms with E-state index < -0.39 is 5.82 Å². The van der Waals surface area contributed by atoms with Crippen LogP contribution in [-0.4, -0.2) is 78.0 Å². The van der Waals surface area contributed by atoms with Crippen molar-refractivity contribution < 1.29 is 9.18 Å². The average Bonchev–Trinajstić information content (AvgIpc) is 3.29. The quantitative estimate of drug-likeness (QED) is 0.734. The van der Waals surface area contributed by atoms with E-state index >= 15 is 0 Å². The summed E-state index contributed by atoms with van der Waals surface area (Å²) in [6.45, 7) is 5.40. The van der Waals surface area contributed by atoms with E-state index in [-0.39, 0.29) is 36.5 Å². The number of nitrogens with zero attached hydrogens (tertiary/aromatic N) is 4. The second-order valence-corrected chi connectivity index (χ2v) is 7.20. The van der Waals surface area contributed by atoms with Gasteiger partial charge in [-0.2, -0.15) is 0 Å². The summed E-state index contributed by atoms with van der Waals surface area (Å²) >= 11 is 0. The lowest BCUT2D eigenvalue weighted by Crippen LogP contribution is -2.52. The van der Waals surface area contributed by atoms with Gasteiger partial charge < -0.3 is 15.5 Å². The van der Waals surface area contributed by atoms with E-state index in [0.717, 1.165) is 45.5 Å². The van der Waals surface area contributed by atoms with E-state index in [1.165, 1.54) is 6.42 Å². The number of hydrogen-bond donors (Lipinski definition) is 2. The lowest BCUT2D eigenvalue weighted by molar-refractivity contribution is 0.0584. The summed E-state index contributed by atoms with van der Waals surface area (Å²) in [5, 5.41) is 6.11. The first-order valence-electron chi connectivity index (χ1n) is 9.70. The number of aromatic nitrogens is 2. The Balaban J connectivity index is 0.00000160. The highest BCUT2D eigenvalue weighted by Gasteiger charge is 2.28. The Kier molecular flexibility index (Phi) is 8.78. The van der Waals surface area contributed by atoms with Crippen LogP contribution in [0.1, 0.15) is 16.8 Å². The van der Waals surface area contributed by atoms with Gasteiger partial charge >= 0.3 is 0 Å². The van der Waals surface area contributed by atoms with Crippen molar-refractivity contribution in [2.45, 2.75) is 12.5 Å². The van der Waals surface area contributed by atoms with Gasteiger partial charge in [-0.25, -0.2) is 14.4 Å². The van der Waals surface area contributed by atoms with Gasteiger partial charge in [-0.1, -0.05) is 12.1 Å². The van der Waals surface area contributed by atoms with Crippen molar-refractivity contribution in [1.29, 1.82) is 0 Å². The monoisotopic (exact) mass is 456 g/mol. The third-order valence-electron chi connectivity index (χ3n) is 5.50. The molecule has 0 bridgehead atoms. The topological polar surface area (TPSA) is 73.4 Å². The molecular weight excluding hydrogens is 430 g/mol. The highest BCUT2D eigenvalue weighted by Crippen LogP contribution is 2.21. The first kappa shape index (κ1) is 24.3. The molecule has 0 spiro atoms. The van der Waals surface area contributed by atoms with Crippen molar-refractivity contribution in [3.63, 3.8) is 0 Å². The molecule has 0 radical (unpaired) electrons. The van der Waals surface area contributed by atoms with Crippen molar-refractivity contribution in [3.05, 3.63) is 41.8 Å². The molecule has 2 aliphatic rings. The van der Waals surface area contributed by atoms with Crippen LogP contribution in [0.2, 0.25) is 0 Å². The first-order chi connectivity index (χ1) is 13.7. The molecule has 2 saturated heterocycles. The summed E-state index contributed by atoms with van der Waals surface area (Å²) in [6.07, 6.45) is 2.32. The predicted octanol–water partition coefficient (Wildman–Crippen LogP) is 2.29. The maximum absolute atomic E-state index is 13.6. The van der Waals surface area contributed by atoms with Gasteiger partial charge in [0.15, 0.2) is 17.5 Å². The molecule has 2 aliphatic heterocycles. The Morgan fingerprint density at radius 2 is 2.00 bits per heavy atom. The minimum Gasteiger partial charge on any atom is -0.371 e. The maximum Gasteiger partial charge on any atom is 0.253 e. The summed E-state index contributed by atoms with van der Waals surface area (Å²) in [6, 6.07) is 7.82. The van der Waals surface area contributed by atoms with Crippen LogP contribution in [0.4, 0.5) is 10.2 Å². The summed E-state index contributed by atoms with van der Waals surface area (Å²) < 4.78 is 13.6. The molecule has 7 nitrogen and oxygen atoms in total. The number of halogens is 3. The standard InChI is InChI=1S/C20H25FN6O.2ClH/c1-22-19-17(21)13-24-18(25-19)14-3-2-4-15(11-14)20(28)27-9-7-26(8-10-27)16-5-6-23-12-16;;/h2-4,11,13,16,23H,5-10,12H2,1H3,(H,22,24,25);2*1H. The molecule has 164 valence electrons. The van der Waals surface area contributed by atoms with Crippen molar-refractivity contribution in [2.24, 2.45) is 0 Å². The molecule has 10 heteroatoms. The maximum atomic E-state index is 13.6. The molecule has 1 amide bonds. The zero-order chi connectivity index (χ0) is 19.5. The SMILES string of the molecule is CNc1nc(-c2cccc(C(=O)N3CCN(C4CCNC4)CC3)c2)ncc1F.Cl.Cl. The van der Waals surface area contributed by atoms with E-state index in [0.29, 0.717) is 23.0 Å². The molecule has 2 aromatic rings. The highest BCUT2D eigenvalue weighted by molar-refractivity contribution is 5.95. The second-order valence-electron chi connectivity index (χ2n) is 7.20. The number of carbonyl (C=O) groups excluding carboxylic acids is 1. The number of rotatable bonds is 4. The normalized spacial score (nSPS) is 19.0. The minimum atomic E-state index is -0.506. The van der Waals surface area contributed by atoms with Gasteiger partial charge in [0.05, 0.1) is 6.20 Å². The second kappa shape index (κ2) is 10.9. The first-order valence-corrected chi connectivity index (χ1v) is 9.70. The van der Waals surface area contributed by atoms with Crippen LogP contribution in [-0.2, 0) is 0 Å². The molecule has 0 saturated carbocycles. The van der Waals surface area contributed by atoms with Gasteiger partial charge in [-0.3, -0.25) is 9.69 Å². The molecule has 30 heavy (non-hydrogen) atoms. The zero-order valence-electron chi connectivity index (χ0n) is 16.8. The smallest absolute Gasteiger partial charge is 0.253 e. The van der Waals surface area contributed by atoms with E-state index in [9.17, 15) is 9.18 Å². The lowest BCUT2D eigenvalue weighted by Gasteiger charge is -2.37. The molecule has 0 aliphatic carbocycles. The van der Waals surface area contributed by atoms with Crippen LogP contribution in [0, 0.1) is 5.82 Å². The van der Waals surface area contributed by atoms with Crippen LogP contribution < -0.4 is 10.6 Å². The van der Waals surface area contributed by atoms with Gasteiger partial charge in [-0.05, 0) is 25.1 Å². The highest BCUT2D eigenvalue weighted by atomic mass is 35.5. The third kappa shape index (κ3) is 5.18.